The average Bonchev–Trinajstić information content (AvgIpc) is 2.74. The Morgan fingerprint density at radius 3 is 2.78 bits per heavy atom. The molecule has 0 radical (unpaired) electrons. The summed E-state index contributed by atoms with van der Waals surface area (Å²) in [6, 6.07) is 0. The van der Waals surface area contributed by atoms with Gasteiger partial charge in [0.05, 0.1) is 6.42 Å². The predicted molar refractivity (Wildman–Crippen MR) is 61.3 cm³/mol. The standard InChI is InChI=1S/C14H18FNO2/c15-13-3-7-10-11-6(1-2-8(13)14(7,11)13)12(10,5-16)4-9(17)18/h6-8,10-11H,1-5,16H2,(H,17,18)/t6-,7?,8-,10+,11+,12+,13?,14?/m0/s1. The quantitative estimate of drug-likeness (QED) is 0.797. The van der Waals surface area contributed by atoms with Gasteiger partial charge in [0.15, 0.2) is 0 Å². The highest BCUT2D eigenvalue weighted by Gasteiger charge is 3.02. The minimum absolute atomic E-state index is 0.0256. The van der Waals surface area contributed by atoms with Crippen LogP contribution in [0.4, 0.5) is 4.39 Å². The van der Waals surface area contributed by atoms with Gasteiger partial charge >= 0.3 is 5.97 Å². The molecule has 0 amide bonds. The SMILES string of the molecule is NC[C@@]1(CC(=O)O)[C@@H]2C3CC4(F)[C@@H]5CC[C@H]1[C@H]2C354. The van der Waals surface area contributed by atoms with Gasteiger partial charge in [-0.05, 0) is 54.9 Å². The second-order valence-corrected chi connectivity index (χ2v) is 7.40. The fraction of sp³-hybridized carbons (Fsp3) is 0.929. The summed E-state index contributed by atoms with van der Waals surface area (Å²) < 4.78 is 14.6. The molecular formula is C14H18FNO2. The molecular weight excluding hydrogens is 233 g/mol. The molecule has 3 unspecified atom stereocenters. The van der Waals surface area contributed by atoms with Crippen molar-refractivity contribution in [1.29, 1.82) is 0 Å². The predicted octanol–water partition coefficient (Wildman–Crippen LogP) is 1.42. The van der Waals surface area contributed by atoms with Crippen LogP contribution in [0.5, 0.6) is 0 Å². The lowest BCUT2D eigenvalue weighted by Gasteiger charge is -2.79. The molecule has 0 aromatic rings. The molecule has 3 nitrogen and oxygen atoms in total. The number of alkyl halides is 1. The average molecular weight is 251 g/mol. The molecule has 0 bridgehead atoms. The Kier molecular flexibility index (Phi) is 1.34. The van der Waals surface area contributed by atoms with Gasteiger partial charge in [-0.25, -0.2) is 4.39 Å². The first-order valence-corrected chi connectivity index (χ1v) is 7.15. The van der Waals surface area contributed by atoms with Crippen molar-refractivity contribution in [3.63, 3.8) is 0 Å². The van der Waals surface area contributed by atoms with Gasteiger partial charge in [-0.1, -0.05) is 0 Å². The zero-order chi connectivity index (χ0) is 12.5. The summed E-state index contributed by atoms with van der Waals surface area (Å²) in [5.74, 6) is 1.38. The summed E-state index contributed by atoms with van der Waals surface area (Å²) in [5.41, 5.74) is 4.95. The van der Waals surface area contributed by atoms with Gasteiger partial charge in [-0.2, -0.15) is 0 Å². The van der Waals surface area contributed by atoms with Crippen molar-refractivity contribution in [1.82, 2.24) is 0 Å². The van der Waals surface area contributed by atoms with E-state index in [9.17, 15) is 9.18 Å². The van der Waals surface area contributed by atoms with Crippen LogP contribution in [0.2, 0.25) is 0 Å². The van der Waals surface area contributed by atoms with E-state index in [0.717, 1.165) is 12.8 Å². The molecule has 5 saturated carbocycles. The third kappa shape index (κ3) is 0.605. The molecule has 0 aromatic heterocycles. The molecule has 0 saturated heterocycles. The molecule has 18 heavy (non-hydrogen) atoms. The Morgan fingerprint density at radius 1 is 1.33 bits per heavy atom. The van der Waals surface area contributed by atoms with E-state index in [2.05, 4.69) is 0 Å². The lowest BCUT2D eigenvalue weighted by atomic mass is 9.24. The maximum Gasteiger partial charge on any atom is 0.303 e. The van der Waals surface area contributed by atoms with E-state index >= 15 is 0 Å². The minimum atomic E-state index is -0.836. The van der Waals surface area contributed by atoms with Gasteiger partial charge in [0.25, 0.3) is 0 Å². The van der Waals surface area contributed by atoms with Crippen molar-refractivity contribution in [3.8, 4) is 0 Å². The molecule has 5 rings (SSSR count). The Labute approximate surface area is 105 Å². The van der Waals surface area contributed by atoms with E-state index in [1.165, 1.54) is 0 Å². The number of carboxylic acid groups (broad SMARTS) is 1. The maximum atomic E-state index is 14.6. The molecule has 5 aliphatic carbocycles. The molecule has 0 aromatic carbocycles. The third-order valence-electron chi connectivity index (χ3n) is 7.73. The summed E-state index contributed by atoms with van der Waals surface area (Å²) in [6.45, 7) is 0.474. The normalized spacial score (nSPS) is 68.9. The van der Waals surface area contributed by atoms with Gasteiger partial charge in [0.1, 0.15) is 5.67 Å². The Balaban J connectivity index is 1.55. The molecule has 4 heteroatoms. The molecule has 1 spiro atoms. The van der Waals surface area contributed by atoms with E-state index in [0.29, 0.717) is 42.6 Å². The Hall–Kier alpha value is -0.640. The van der Waals surface area contributed by atoms with E-state index in [-0.39, 0.29) is 17.3 Å². The number of halogens is 1. The van der Waals surface area contributed by atoms with E-state index < -0.39 is 11.6 Å². The lowest BCUT2D eigenvalue weighted by Crippen LogP contribution is -2.79. The monoisotopic (exact) mass is 251 g/mol. The first kappa shape index (κ1) is 10.2. The Morgan fingerprint density at radius 2 is 2.11 bits per heavy atom. The molecule has 5 aliphatic rings. The lowest BCUT2D eigenvalue weighted by molar-refractivity contribution is -0.337. The first-order valence-electron chi connectivity index (χ1n) is 7.15. The zero-order valence-corrected chi connectivity index (χ0v) is 10.2. The van der Waals surface area contributed by atoms with Crippen LogP contribution in [-0.4, -0.2) is 23.3 Å². The fourth-order valence-corrected chi connectivity index (χ4v) is 7.48. The van der Waals surface area contributed by atoms with E-state index in [1.807, 2.05) is 0 Å². The first-order chi connectivity index (χ1) is 8.54. The van der Waals surface area contributed by atoms with Crippen molar-refractivity contribution in [2.45, 2.75) is 31.4 Å². The smallest absolute Gasteiger partial charge is 0.303 e. The number of carboxylic acids is 1. The van der Waals surface area contributed by atoms with E-state index in [4.69, 9.17) is 10.8 Å². The topological polar surface area (TPSA) is 63.3 Å². The van der Waals surface area contributed by atoms with Gasteiger partial charge in [0.2, 0.25) is 0 Å². The highest BCUT2D eigenvalue weighted by molar-refractivity contribution is 5.69. The number of carbonyl (C=O) groups is 1. The molecule has 8 atom stereocenters. The molecule has 0 heterocycles. The van der Waals surface area contributed by atoms with Crippen LogP contribution in [0, 0.1) is 40.4 Å². The summed E-state index contributed by atoms with van der Waals surface area (Å²) in [7, 11) is 0. The highest BCUT2D eigenvalue weighted by Crippen LogP contribution is 3.00. The van der Waals surface area contributed by atoms with Gasteiger partial charge in [0, 0.05) is 11.3 Å². The largest absolute Gasteiger partial charge is 0.481 e. The van der Waals surface area contributed by atoms with Gasteiger partial charge in [-0.15, -0.1) is 0 Å². The summed E-state index contributed by atoms with van der Waals surface area (Å²) in [6.07, 6.45) is 2.89. The number of fused-ring (bicyclic) bond motifs is 2. The Bertz CT molecular complexity index is 488. The van der Waals surface area contributed by atoms with Crippen LogP contribution < -0.4 is 5.73 Å². The van der Waals surface area contributed by atoms with Crippen LogP contribution in [0.15, 0.2) is 0 Å². The molecule has 0 aliphatic heterocycles. The van der Waals surface area contributed by atoms with Crippen LogP contribution in [0.25, 0.3) is 0 Å². The second-order valence-electron chi connectivity index (χ2n) is 7.40. The van der Waals surface area contributed by atoms with Crippen molar-refractivity contribution < 1.29 is 14.3 Å². The molecule has 5 fully saturated rings. The van der Waals surface area contributed by atoms with Crippen LogP contribution in [0.1, 0.15) is 25.7 Å². The number of hydrogen-bond donors (Lipinski definition) is 2. The fourth-order valence-electron chi connectivity index (χ4n) is 7.48. The maximum absolute atomic E-state index is 14.6. The van der Waals surface area contributed by atoms with Gasteiger partial charge < -0.3 is 10.8 Å². The van der Waals surface area contributed by atoms with Crippen LogP contribution in [-0.2, 0) is 4.79 Å². The summed E-state index contributed by atoms with van der Waals surface area (Å²) in [4.78, 5) is 11.1. The number of nitrogens with two attached hydrogens (primary N) is 1. The van der Waals surface area contributed by atoms with Gasteiger partial charge in [-0.3, -0.25) is 4.79 Å². The third-order valence-corrected chi connectivity index (χ3v) is 7.73. The molecule has 98 valence electrons. The van der Waals surface area contributed by atoms with E-state index in [1.54, 1.807) is 0 Å². The van der Waals surface area contributed by atoms with Crippen molar-refractivity contribution in [2.75, 3.05) is 6.54 Å². The number of hydrogen-bond acceptors (Lipinski definition) is 2. The van der Waals surface area contributed by atoms with Crippen LogP contribution >= 0.6 is 0 Å². The second kappa shape index (κ2) is 2.37. The molecule has 3 N–H and O–H groups in total. The van der Waals surface area contributed by atoms with Crippen molar-refractivity contribution in [2.24, 2.45) is 46.2 Å². The highest BCUT2D eigenvalue weighted by atomic mass is 19.1. The van der Waals surface area contributed by atoms with Crippen molar-refractivity contribution in [3.05, 3.63) is 0 Å². The minimum Gasteiger partial charge on any atom is -0.481 e. The summed E-state index contributed by atoms with van der Waals surface area (Å²) in [5, 5.41) is 9.17. The number of aliphatic carboxylic acids is 1. The van der Waals surface area contributed by atoms with Crippen molar-refractivity contribution >= 4 is 5.97 Å². The summed E-state index contributed by atoms with van der Waals surface area (Å²) >= 11 is 0. The van der Waals surface area contributed by atoms with Crippen LogP contribution in [0.3, 0.4) is 0 Å². The zero-order valence-electron chi connectivity index (χ0n) is 10.2. The number of rotatable bonds is 3.